The van der Waals surface area contributed by atoms with E-state index >= 15 is 0 Å². The van der Waals surface area contributed by atoms with E-state index in [0.717, 1.165) is 6.07 Å². The van der Waals surface area contributed by atoms with Crippen molar-refractivity contribution in [3.05, 3.63) is 58.1 Å². The van der Waals surface area contributed by atoms with Gasteiger partial charge in [0, 0.05) is 31.8 Å². The van der Waals surface area contributed by atoms with Crippen molar-refractivity contribution in [3.63, 3.8) is 0 Å². The van der Waals surface area contributed by atoms with E-state index in [1.807, 2.05) is 6.07 Å². The zero-order valence-electron chi connectivity index (χ0n) is 15.0. The molecule has 0 radical (unpaired) electrons. The molecule has 8 heteroatoms. The van der Waals surface area contributed by atoms with Crippen molar-refractivity contribution in [2.75, 3.05) is 14.1 Å². The van der Waals surface area contributed by atoms with E-state index in [9.17, 15) is 23.2 Å². The maximum Gasteiger partial charge on any atom is 0.416 e. The van der Waals surface area contributed by atoms with Crippen LogP contribution in [-0.4, -0.2) is 29.9 Å². The SMILES string of the molecule is CN(C)N1C(N)=C(C#N)[C@@H](c2ccccc2C(F)(F)F)C2=C1CCCC2=O. The predicted octanol–water partition coefficient (Wildman–Crippen LogP) is 3.28. The van der Waals surface area contributed by atoms with Crippen LogP contribution in [0.1, 0.15) is 36.3 Å². The molecule has 2 N–H and O–H groups in total. The van der Waals surface area contributed by atoms with E-state index in [4.69, 9.17) is 5.73 Å². The number of benzene rings is 1. The highest BCUT2D eigenvalue weighted by Gasteiger charge is 2.44. The lowest BCUT2D eigenvalue weighted by Crippen LogP contribution is -2.45. The third kappa shape index (κ3) is 3.08. The molecule has 0 bridgehead atoms. The minimum atomic E-state index is -4.61. The van der Waals surface area contributed by atoms with Gasteiger partial charge in [0.15, 0.2) is 5.78 Å². The van der Waals surface area contributed by atoms with E-state index in [2.05, 4.69) is 0 Å². The number of carbonyl (C=O) groups excluding carboxylic acids is 1. The molecule has 0 aromatic heterocycles. The molecule has 2 aliphatic rings. The van der Waals surface area contributed by atoms with E-state index < -0.39 is 17.7 Å². The molecule has 0 unspecified atom stereocenters. The first-order valence-corrected chi connectivity index (χ1v) is 8.48. The van der Waals surface area contributed by atoms with Crippen LogP contribution in [0, 0.1) is 11.3 Å². The van der Waals surface area contributed by atoms with Gasteiger partial charge in [-0.1, -0.05) is 18.2 Å². The first kappa shape index (κ1) is 19.0. The zero-order valence-corrected chi connectivity index (χ0v) is 15.0. The number of hydrogen-bond donors (Lipinski definition) is 1. The Hall–Kier alpha value is -2.79. The fraction of sp³-hybridized carbons (Fsp3) is 0.368. The number of ketones is 1. The number of Topliss-reactive ketones (excluding diaryl/α,β-unsaturated/α-hetero) is 1. The summed E-state index contributed by atoms with van der Waals surface area (Å²) in [6.45, 7) is 0. The summed E-state index contributed by atoms with van der Waals surface area (Å²) in [7, 11) is 3.41. The Bertz CT molecular complexity index is 893. The Morgan fingerprint density at radius 1 is 1.26 bits per heavy atom. The average Bonchev–Trinajstić information content (AvgIpc) is 2.59. The van der Waals surface area contributed by atoms with Gasteiger partial charge < -0.3 is 5.73 Å². The fourth-order valence-electron chi connectivity index (χ4n) is 3.84. The number of rotatable bonds is 2. The molecule has 0 fully saturated rings. The summed E-state index contributed by atoms with van der Waals surface area (Å²) < 4.78 is 40.8. The largest absolute Gasteiger partial charge is 0.416 e. The van der Waals surface area contributed by atoms with Gasteiger partial charge in [0.05, 0.1) is 23.1 Å². The quantitative estimate of drug-likeness (QED) is 0.858. The van der Waals surface area contributed by atoms with Crippen LogP contribution in [0.25, 0.3) is 0 Å². The number of nitrogens with zero attached hydrogens (tertiary/aromatic N) is 3. The molecule has 142 valence electrons. The first-order valence-electron chi connectivity index (χ1n) is 8.48. The summed E-state index contributed by atoms with van der Waals surface area (Å²) in [4.78, 5) is 12.8. The van der Waals surface area contributed by atoms with Crippen molar-refractivity contribution in [2.45, 2.75) is 31.4 Å². The maximum absolute atomic E-state index is 13.6. The Kier molecular flexibility index (Phi) is 4.74. The first-order chi connectivity index (χ1) is 12.7. The van der Waals surface area contributed by atoms with Gasteiger partial charge in [-0.05, 0) is 24.5 Å². The maximum atomic E-state index is 13.6. The van der Waals surface area contributed by atoms with Gasteiger partial charge in [-0.3, -0.25) is 9.80 Å². The second-order valence-electron chi connectivity index (χ2n) is 6.72. The lowest BCUT2D eigenvalue weighted by atomic mass is 9.74. The van der Waals surface area contributed by atoms with Crippen molar-refractivity contribution >= 4 is 5.78 Å². The van der Waals surface area contributed by atoms with Gasteiger partial charge in [0.1, 0.15) is 5.82 Å². The topological polar surface area (TPSA) is 73.4 Å². The lowest BCUT2D eigenvalue weighted by Gasteiger charge is -2.42. The van der Waals surface area contributed by atoms with Gasteiger partial charge in [0.2, 0.25) is 0 Å². The summed E-state index contributed by atoms with van der Waals surface area (Å²) in [6, 6.07) is 7.00. The number of nitriles is 1. The number of allylic oxidation sites excluding steroid dienone is 3. The molecular formula is C19H19F3N4O. The zero-order chi connectivity index (χ0) is 19.9. The van der Waals surface area contributed by atoms with Crippen LogP contribution < -0.4 is 5.73 Å². The molecule has 1 aromatic carbocycles. The van der Waals surface area contributed by atoms with E-state index in [0.29, 0.717) is 18.5 Å². The third-order valence-electron chi connectivity index (χ3n) is 4.86. The van der Waals surface area contributed by atoms with Gasteiger partial charge in [0.25, 0.3) is 0 Å². The van der Waals surface area contributed by atoms with Gasteiger partial charge in [-0.25, -0.2) is 5.01 Å². The second-order valence-corrected chi connectivity index (χ2v) is 6.72. The summed E-state index contributed by atoms with van der Waals surface area (Å²) in [5.74, 6) is -1.31. The molecule has 1 aromatic rings. The number of carbonyl (C=O) groups is 1. The average molecular weight is 376 g/mol. The Labute approximate surface area is 155 Å². The van der Waals surface area contributed by atoms with Crippen LogP contribution in [0.3, 0.4) is 0 Å². The molecule has 1 atom stereocenters. The molecule has 0 saturated carbocycles. The number of alkyl halides is 3. The summed E-state index contributed by atoms with van der Waals surface area (Å²) in [6.07, 6.45) is -3.28. The number of hydrogen-bond acceptors (Lipinski definition) is 5. The van der Waals surface area contributed by atoms with Crippen molar-refractivity contribution < 1.29 is 18.0 Å². The molecule has 0 spiro atoms. The second kappa shape index (κ2) is 6.74. The van der Waals surface area contributed by atoms with E-state index in [-0.39, 0.29) is 34.7 Å². The Balaban J connectivity index is 2.33. The van der Waals surface area contributed by atoms with Gasteiger partial charge in [-0.2, -0.15) is 18.4 Å². The molecule has 1 heterocycles. The van der Waals surface area contributed by atoms with Crippen molar-refractivity contribution in [1.29, 1.82) is 5.26 Å². The standard InChI is InChI=1S/C19H19F3N4O/c1-25(2)26-14-8-5-9-15(27)17(14)16(12(10-23)18(26)24)11-6-3-4-7-13(11)19(20,21)22/h3-4,6-7,16H,5,8-9,24H2,1-2H3/t16-/m1/s1. The highest BCUT2D eigenvalue weighted by Crippen LogP contribution is 2.47. The minimum absolute atomic E-state index is 0.0469. The summed E-state index contributed by atoms with van der Waals surface area (Å²) in [5.41, 5.74) is 5.96. The Morgan fingerprint density at radius 2 is 1.93 bits per heavy atom. The van der Waals surface area contributed by atoms with Crippen LogP contribution in [0.4, 0.5) is 13.2 Å². The van der Waals surface area contributed by atoms with Gasteiger partial charge in [-0.15, -0.1) is 0 Å². The molecule has 1 aliphatic heterocycles. The number of halogens is 3. The van der Waals surface area contributed by atoms with E-state index in [1.165, 1.54) is 18.2 Å². The van der Waals surface area contributed by atoms with Crippen LogP contribution in [0.15, 0.2) is 46.9 Å². The number of nitrogens with two attached hydrogens (primary N) is 1. The van der Waals surface area contributed by atoms with Crippen molar-refractivity contribution in [3.8, 4) is 6.07 Å². The molecule has 3 rings (SSSR count). The molecule has 1 aliphatic carbocycles. The van der Waals surface area contributed by atoms with Crippen LogP contribution in [0.2, 0.25) is 0 Å². The van der Waals surface area contributed by atoms with Crippen molar-refractivity contribution in [2.24, 2.45) is 5.73 Å². The van der Waals surface area contributed by atoms with E-state index in [1.54, 1.807) is 24.1 Å². The molecule has 0 saturated heterocycles. The highest BCUT2D eigenvalue weighted by atomic mass is 19.4. The molecular weight excluding hydrogens is 357 g/mol. The highest BCUT2D eigenvalue weighted by molar-refractivity contribution is 5.99. The molecule has 27 heavy (non-hydrogen) atoms. The third-order valence-corrected chi connectivity index (χ3v) is 4.86. The fourth-order valence-corrected chi connectivity index (χ4v) is 3.84. The molecule has 0 amide bonds. The predicted molar refractivity (Wildman–Crippen MR) is 92.4 cm³/mol. The van der Waals surface area contributed by atoms with Crippen LogP contribution in [-0.2, 0) is 11.0 Å². The molecule has 5 nitrogen and oxygen atoms in total. The summed E-state index contributed by atoms with van der Waals surface area (Å²) in [5, 5.41) is 12.9. The number of hydrazine groups is 1. The Morgan fingerprint density at radius 3 is 2.52 bits per heavy atom. The monoisotopic (exact) mass is 376 g/mol. The van der Waals surface area contributed by atoms with Crippen molar-refractivity contribution in [1.82, 2.24) is 10.0 Å². The smallest absolute Gasteiger partial charge is 0.383 e. The summed E-state index contributed by atoms with van der Waals surface area (Å²) >= 11 is 0. The van der Waals surface area contributed by atoms with Crippen LogP contribution >= 0.6 is 0 Å². The lowest BCUT2D eigenvalue weighted by molar-refractivity contribution is -0.138. The van der Waals surface area contributed by atoms with Crippen LogP contribution in [0.5, 0.6) is 0 Å². The minimum Gasteiger partial charge on any atom is -0.383 e. The van der Waals surface area contributed by atoms with Gasteiger partial charge >= 0.3 is 6.18 Å². The normalized spacial score (nSPS) is 20.9.